The van der Waals surface area contributed by atoms with Crippen LogP contribution < -0.4 is 0 Å². The first-order valence-corrected chi connectivity index (χ1v) is 10.5. The van der Waals surface area contributed by atoms with E-state index in [0.717, 1.165) is 51.6 Å². The minimum absolute atomic E-state index is 0.0775. The van der Waals surface area contributed by atoms with Gasteiger partial charge in [-0.15, -0.1) is 0 Å². The van der Waals surface area contributed by atoms with Crippen LogP contribution in [-0.4, -0.2) is 57.7 Å². The van der Waals surface area contributed by atoms with E-state index in [2.05, 4.69) is 11.0 Å². The monoisotopic (exact) mass is 421 g/mol. The predicted molar refractivity (Wildman–Crippen MR) is 103 cm³/mol. The van der Waals surface area contributed by atoms with Gasteiger partial charge in [0, 0.05) is 30.7 Å². The lowest BCUT2D eigenvalue weighted by molar-refractivity contribution is -0.258. The van der Waals surface area contributed by atoms with Crippen molar-refractivity contribution in [2.24, 2.45) is 0 Å². The van der Waals surface area contributed by atoms with Gasteiger partial charge >= 0.3 is 6.18 Å². The Morgan fingerprint density at radius 3 is 2.10 bits per heavy atom. The van der Waals surface area contributed by atoms with Crippen molar-refractivity contribution >= 4 is 5.91 Å². The molecule has 1 heterocycles. The van der Waals surface area contributed by atoms with Crippen molar-refractivity contribution in [3.63, 3.8) is 0 Å². The molecule has 2 saturated carbocycles. The lowest BCUT2D eigenvalue weighted by Crippen LogP contribution is -2.51. The molecule has 0 aromatic heterocycles. The number of likely N-dealkylation sites (tertiary alicyclic amines) is 1. The Bertz CT molecular complexity index is 844. The zero-order valence-corrected chi connectivity index (χ0v) is 17.0. The summed E-state index contributed by atoms with van der Waals surface area (Å²) in [6.45, 7) is 2.27. The van der Waals surface area contributed by atoms with Crippen LogP contribution in [0.5, 0.6) is 0 Å². The van der Waals surface area contributed by atoms with E-state index in [1.165, 1.54) is 24.3 Å². The molecule has 1 aromatic rings. The Morgan fingerprint density at radius 2 is 1.67 bits per heavy atom. The molecule has 0 radical (unpaired) electrons. The molecule has 2 aliphatic carbocycles. The van der Waals surface area contributed by atoms with Crippen LogP contribution in [0.15, 0.2) is 24.3 Å². The Labute approximate surface area is 174 Å². The lowest BCUT2D eigenvalue weighted by Gasteiger charge is -2.40. The highest BCUT2D eigenvalue weighted by Gasteiger charge is 2.52. The van der Waals surface area contributed by atoms with Gasteiger partial charge in [-0.1, -0.05) is 12.1 Å². The van der Waals surface area contributed by atoms with Crippen LogP contribution in [0.25, 0.3) is 0 Å². The molecule has 3 aliphatic rings. The normalized spacial score (nSPS) is 24.0. The van der Waals surface area contributed by atoms with Gasteiger partial charge < -0.3 is 10.0 Å². The number of hydrogen-bond acceptors (Lipinski definition) is 4. The molecule has 0 bridgehead atoms. The zero-order valence-electron chi connectivity index (χ0n) is 17.0. The first-order valence-electron chi connectivity index (χ1n) is 10.5. The van der Waals surface area contributed by atoms with Gasteiger partial charge in [0.15, 0.2) is 5.60 Å². The number of nitriles is 1. The van der Waals surface area contributed by atoms with Crippen LogP contribution in [-0.2, 0) is 5.60 Å². The summed E-state index contributed by atoms with van der Waals surface area (Å²) >= 11 is 0. The number of carbonyl (C=O) groups excluding carboxylic acids is 1. The number of piperidine rings is 1. The van der Waals surface area contributed by atoms with Gasteiger partial charge in [0.05, 0.1) is 6.07 Å². The maximum atomic E-state index is 13.2. The Balaban J connectivity index is 1.47. The minimum Gasteiger partial charge on any atom is -0.376 e. The van der Waals surface area contributed by atoms with Crippen molar-refractivity contribution in [3.8, 4) is 6.07 Å². The quantitative estimate of drug-likeness (QED) is 0.789. The SMILES string of the molecule is CC(O)(c1ccc(C(=O)N(C2CC2)C2CCN(C3(C#N)CC3)CC2)cc1)C(F)(F)F. The van der Waals surface area contributed by atoms with Gasteiger partial charge in [-0.3, -0.25) is 9.69 Å². The fourth-order valence-electron chi connectivity index (χ4n) is 4.42. The van der Waals surface area contributed by atoms with E-state index in [-0.39, 0.29) is 29.1 Å². The number of alkyl halides is 3. The molecule has 162 valence electrons. The number of halogens is 3. The van der Waals surface area contributed by atoms with Gasteiger partial charge in [0.1, 0.15) is 5.54 Å². The molecule has 30 heavy (non-hydrogen) atoms. The number of benzene rings is 1. The van der Waals surface area contributed by atoms with Crippen molar-refractivity contribution in [3.05, 3.63) is 35.4 Å². The van der Waals surface area contributed by atoms with Gasteiger partial charge in [-0.25, -0.2) is 0 Å². The molecular formula is C22H26F3N3O2. The molecule has 1 aromatic carbocycles. The highest BCUT2D eigenvalue weighted by atomic mass is 19.4. The molecule has 1 amide bonds. The average Bonchev–Trinajstić information content (AvgIpc) is 3.63. The van der Waals surface area contributed by atoms with Crippen LogP contribution in [0.1, 0.15) is 61.4 Å². The van der Waals surface area contributed by atoms with Crippen molar-refractivity contribution < 1.29 is 23.1 Å². The van der Waals surface area contributed by atoms with Crippen molar-refractivity contribution in [2.75, 3.05) is 13.1 Å². The van der Waals surface area contributed by atoms with E-state index in [9.17, 15) is 28.3 Å². The molecule has 8 heteroatoms. The molecule has 1 N–H and O–H groups in total. The Morgan fingerprint density at radius 1 is 1.13 bits per heavy atom. The number of rotatable bonds is 5. The smallest absolute Gasteiger partial charge is 0.376 e. The summed E-state index contributed by atoms with van der Waals surface area (Å²) in [4.78, 5) is 17.3. The number of carbonyl (C=O) groups is 1. The lowest BCUT2D eigenvalue weighted by atomic mass is 9.94. The maximum absolute atomic E-state index is 13.2. The third-order valence-corrected chi connectivity index (χ3v) is 6.82. The molecular weight excluding hydrogens is 395 g/mol. The molecule has 1 unspecified atom stereocenters. The molecule has 0 spiro atoms. The van der Waals surface area contributed by atoms with Crippen molar-refractivity contribution in [1.82, 2.24) is 9.80 Å². The zero-order chi connectivity index (χ0) is 21.7. The summed E-state index contributed by atoms with van der Waals surface area (Å²) in [5.74, 6) is -0.171. The van der Waals surface area contributed by atoms with Crippen molar-refractivity contribution in [1.29, 1.82) is 5.26 Å². The third-order valence-electron chi connectivity index (χ3n) is 6.82. The fraction of sp³-hybridized carbons (Fsp3) is 0.636. The van der Waals surface area contributed by atoms with E-state index < -0.39 is 11.8 Å². The topological polar surface area (TPSA) is 67.6 Å². The first kappa shape index (κ1) is 21.1. The van der Waals surface area contributed by atoms with E-state index in [4.69, 9.17) is 0 Å². The molecule has 4 rings (SSSR count). The predicted octanol–water partition coefficient (Wildman–Crippen LogP) is 3.58. The van der Waals surface area contributed by atoms with E-state index in [1.54, 1.807) is 0 Å². The fourth-order valence-corrected chi connectivity index (χ4v) is 4.42. The molecule has 1 saturated heterocycles. The third kappa shape index (κ3) is 3.69. The van der Waals surface area contributed by atoms with Gasteiger partial charge in [0.2, 0.25) is 0 Å². The summed E-state index contributed by atoms with van der Waals surface area (Å²) in [6, 6.07) is 7.78. The summed E-state index contributed by atoms with van der Waals surface area (Å²) in [5.41, 5.74) is -3.22. The van der Waals surface area contributed by atoms with E-state index in [0.29, 0.717) is 12.5 Å². The second-order valence-electron chi connectivity index (χ2n) is 8.95. The van der Waals surface area contributed by atoms with Crippen LogP contribution in [0.2, 0.25) is 0 Å². The maximum Gasteiger partial charge on any atom is 0.421 e. The molecule has 5 nitrogen and oxygen atoms in total. The standard InChI is InChI=1S/C22H26F3N3O2/c1-20(30,22(23,24)25)16-4-2-15(3-5-16)19(29)28(17-6-7-17)18-8-12-27(13-9-18)21(14-26)10-11-21/h2-5,17-18,30H,6-13H2,1H3. The average molecular weight is 421 g/mol. The van der Waals surface area contributed by atoms with Gasteiger partial charge in [0.25, 0.3) is 5.91 Å². The number of nitrogens with zero attached hydrogens (tertiary/aromatic N) is 3. The first-order chi connectivity index (χ1) is 14.1. The molecule has 1 atom stereocenters. The molecule has 1 aliphatic heterocycles. The largest absolute Gasteiger partial charge is 0.421 e. The molecule has 3 fully saturated rings. The highest BCUT2D eigenvalue weighted by molar-refractivity contribution is 5.95. The number of aliphatic hydroxyl groups is 1. The van der Waals surface area contributed by atoms with Gasteiger partial charge in [-0.05, 0) is 63.1 Å². The van der Waals surface area contributed by atoms with E-state index >= 15 is 0 Å². The van der Waals surface area contributed by atoms with Crippen LogP contribution in [0.4, 0.5) is 13.2 Å². The summed E-state index contributed by atoms with van der Waals surface area (Å²) in [5, 5.41) is 19.2. The Kier molecular flexibility index (Phi) is 5.10. The van der Waals surface area contributed by atoms with Crippen molar-refractivity contribution in [2.45, 2.75) is 74.8 Å². The van der Waals surface area contributed by atoms with Crippen LogP contribution in [0.3, 0.4) is 0 Å². The summed E-state index contributed by atoms with van der Waals surface area (Å²) in [6.07, 6.45) is 0.499. The van der Waals surface area contributed by atoms with E-state index in [1.807, 2.05) is 4.90 Å². The van der Waals surface area contributed by atoms with Crippen LogP contribution >= 0.6 is 0 Å². The van der Waals surface area contributed by atoms with Gasteiger partial charge in [-0.2, -0.15) is 18.4 Å². The Hall–Kier alpha value is -2.11. The summed E-state index contributed by atoms with van der Waals surface area (Å²) in [7, 11) is 0. The number of hydrogen-bond donors (Lipinski definition) is 1. The number of amides is 1. The van der Waals surface area contributed by atoms with Crippen LogP contribution in [0, 0.1) is 11.3 Å². The highest BCUT2D eigenvalue weighted by Crippen LogP contribution is 2.43. The minimum atomic E-state index is -4.80. The second-order valence-corrected chi connectivity index (χ2v) is 8.95. The summed E-state index contributed by atoms with van der Waals surface area (Å²) < 4.78 is 39.2. The second kappa shape index (κ2) is 7.24.